The number of aromatic nitrogens is 4. The molecule has 9 nitrogen and oxygen atoms in total. The number of hydrogen-bond donors (Lipinski definition) is 1. The number of hydrogen-bond acceptors (Lipinski definition) is 6. The summed E-state index contributed by atoms with van der Waals surface area (Å²) in [5.41, 5.74) is 1.65. The second kappa shape index (κ2) is 7.44. The van der Waals surface area contributed by atoms with Crippen molar-refractivity contribution in [3.8, 4) is 17.2 Å². The predicted octanol–water partition coefficient (Wildman–Crippen LogP) is 2.91. The molecule has 5 rings (SSSR count). The fraction of sp³-hybridized carbons (Fsp3) is 0.143. The van der Waals surface area contributed by atoms with Gasteiger partial charge in [-0.2, -0.15) is 10.2 Å². The van der Waals surface area contributed by atoms with Gasteiger partial charge in [0.1, 0.15) is 12.1 Å². The number of nitrogens with zero attached hydrogens (tertiary/aromatic N) is 4. The van der Waals surface area contributed by atoms with E-state index in [2.05, 4.69) is 15.5 Å². The monoisotopic (exact) mass is 437 g/mol. The highest BCUT2D eigenvalue weighted by molar-refractivity contribution is 6.30. The van der Waals surface area contributed by atoms with E-state index in [1.165, 1.54) is 4.68 Å². The third-order valence-electron chi connectivity index (χ3n) is 4.87. The number of ether oxygens (including phenoxy) is 2. The number of amides is 1. The summed E-state index contributed by atoms with van der Waals surface area (Å²) in [4.78, 5) is 25.7. The smallest absolute Gasteiger partial charge is 0.293 e. The lowest BCUT2D eigenvalue weighted by molar-refractivity contribution is -0.117. The van der Waals surface area contributed by atoms with E-state index in [9.17, 15) is 9.59 Å². The maximum Gasteiger partial charge on any atom is 0.293 e. The number of halogens is 1. The molecule has 0 spiro atoms. The number of rotatable bonds is 4. The zero-order valence-electron chi connectivity index (χ0n) is 16.3. The summed E-state index contributed by atoms with van der Waals surface area (Å²) in [6, 6.07) is 12.1. The van der Waals surface area contributed by atoms with Crippen molar-refractivity contribution < 1.29 is 14.3 Å². The van der Waals surface area contributed by atoms with Crippen LogP contribution < -0.4 is 20.3 Å². The second-order valence-corrected chi connectivity index (χ2v) is 7.40. The molecular formula is C21H16ClN5O4. The van der Waals surface area contributed by atoms with Crippen LogP contribution in [0.4, 0.5) is 5.69 Å². The lowest BCUT2D eigenvalue weighted by Crippen LogP contribution is -2.31. The summed E-state index contributed by atoms with van der Waals surface area (Å²) >= 11 is 6.09. The molecule has 156 valence electrons. The van der Waals surface area contributed by atoms with Crippen LogP contribution in [0.2, 0.25) is 5.02 Å². The molecule has 0 bridgehead atoms. The zero-order chi connectivity index (χ0) is 21.5. The molecule has 1 N–H and O–H groups in total. The van der Waals surface area contributed by atoms with Crippen molar-refractivity contribution in [1.82, 2.24) is 19.6 Å². The zero-order valence-corrected chi connectivity index (χ0v) is 17.1. The van der Waals surface area contributed by atoms with Gasteiger partial charge in [-0.15, -0.1) is 0 Å². The number of anilines is 1. The van der Waals surface area contributed by atoms with Crippen LogP contribution in [0.25, 0.3) is 16.6 Å². The summed E-state index contributed by atoms with van der Waals surface area (Å²) in [7, 11) is 0. The SMILES string of the molecule is Cc1nn(CC(=O)Nc2ccc3c(c2)OCO3)c(=O)c2c1cnn2-c1cccc(Cl)c1. The van der Waals surface area contributed by atoms with Gasteiger partial charge >= 0.3 is 0 Å². The van der Waals surface area contributed by atoms with Crippen LogP contribution in [-0.4, -0.2) is 32.3 Å². The molecule has 0 fully saturated rings. The van der Waals surface area contributed by atoms with Gasteiger partial charge in [-0.3, -0.25) is 9.59 Å². The minimum absolute atomic E-state index is 0.144. The largest absolute Gasteiger partial charge is 0.454 e. The Kier molecular flexibility index (Phi) is 4.59. The Hall–Kier alpha value is -3.85. The second-order valence-electron chi connectivity index (χ2n) is 6.96. The van der Waals surface area contributed by atoms with Crippen molar-refractivity contribution in [2.45, 2.75) is 13.5 Å². The highest BCUT2D eigenvalue weighted by Gasteiger charge is 2.18. The lowest BCUT2D eigenvalue weighted by Gasteiger charge is -2.10. The van der Waals surface area contributed by atoms with Gasteiger partial charge in [-0.1, -0.05) is 17.7 Å². The number of nitrogens with one attached hydrogen (secondary N) is 1. The number of aryl methyl sites for hydroxylation is 1. The molecule has 10 heteroatoms. The minimum atomic E-state index is -0.432. The summed E-state index contributed by atoms with van der Waals surface area (Å²) in [6.07, 6.45) is 1.58. The Bertz CT molecular complexity index is 1390. The third kappa shape index (κ3) is 3.49. The van der Waals surface area contributed by atoms with Crippen molar-refractivity contribution in [3.63, 3.8) is 0 Å². The average molecular weight is 438 g/mol. The van der Waals surface area contributed by atoms with E-state index in [-0.39, 0.29) is 13.3 Å². The summed E-state index contributed by atoms with van der Waals surface area (Å²) in [5, 5.41) is 12.5. The first-order valence-electron chi connectivity index (χ1n) is 9.40. The standard InChI is InChI=1S/C21H16ClN5O4/c1-12-16-9-23-27(15-4-2-3-13(22)7-15)20(16)21(29)26(25-12)10-19(28)24-14-5-6-17-18(8-14)31-11-30-17/h2-9H,10-11H2,1H3,(H,24,28). The van der Waals surface area contributed by atoms with Crippen LogP contribution in [-0.2, 0) is 11.3 Å². The van der Waals surface area contributed by atoms with Crippen LogP contribution in [0.5, 0.6) is 11.5 Å². The van der Waals surface area contributed by atoms with Crippen LogP contribution in [0.3, 0.4) is 0 Å². The molecular weight excluding hydrogens is 422 g/mol. The quantitative estimate of drug-likeness (QED) is 0.527. The molecule has 0 saturated carbocycles. The summed E-state index contributed by atoms with van der Waals surface area (Å²) in [5.74, 6) is 0.767. The first kappa shape index (κ1) is 19.1. The molecule has 1 amide bonds. The van der Waals surface area contributed by atoms with Crippen LogP contribution in [0.1, 0.15) is 5.69 Å². The van der Waals surface area contributed by atoms with Gasteiger partial charge in [-0.25, -0.2) is 9.36 Å². The Morgan fingerprint density at radius 1 is 1.19 bits per heavy atom. The molecule has 2 aromatic heterocycles. The van der Waals surface area contributed by atoms with Gasteiger partial charge in [0, 0.05) is 22.2 Å². The Morgan fingerprint density at radius 2 is 2.03 bits per heavy atom. The molecule has 31 heavy (non-hydrogen) atoms. The van der Waals surface area contributed by atoms with Crippen molar-refractivity contribution in [1.29, 1.82) is 0 Å². The molecule has 0 atom stereocenters. The van der Waals surface area contributed by atoms with E-state index in [0.29, 0.717) is 44.5 Å². The maximum atomic E-state index is 13.2. The Balaban J connectivity index is 1.47. The molecule has 1 aliphatic rings. The fourth-order valence-electron chi connectivity index (χ4n) is 3.44. The predicted molar refractivity (Wildman–Crippen MR) is 114 cm³/mol. The Labute approximate surface area is 180 Å². The van der Waals surface area contributed by atoms with Crippen LogP contribution in [0, 0.1) is 6.92 Å². The highest BCUT2D eigenvalue weighted by Crippen LogP contribution is 2.34. The molecule has 4 aromatic rings. The first-order valence-corrected chi connectivity index (χ1v) is 9.78. The number of fused-ring (bicyclic) bond motifs is 2. The van der Waals surface area contributed by atoms with Crippen molar-refractivity contribution >= 4 is 34.1 Å². The van der Waals surface area contributed by atoms with Crippen molar-refractivity contribution in [2.75, 3.05) is 12.1 Å². The van der Waals surface area contributed by atoms with Gasteiger partial charge in [0.15, 0.2) is 11.5 Å². The van der Waals surface area contributed by atoms with Crippen LogP contribution >= 0.6 is 11.6 Å². The van der Waals surface area contributed by atoms with E-state index < -0.39 is 11.5 Å². The Morgan fingerprint density at radius 3 is 2.87 bits per heavy atom. The van der Waals surface area contributed by atoms with Gasteiger partial charge in [0.2, 0.25) is 12.7 Å². The van der Waals surface area contributed by atoms with E-state index in [1.807, 2.05) is 0 Å². The van der Waals surface area contributed by atoms with E-state index in [0.717, 1.165) is 4.68 Å². The van der Waals surface area contributed by atoms with E-state index >= 15 is 0 Å². The summed E-state index contributed by atoms with van der Waals surface area (Å²) < 4.78 is 13.2. The van der Waals surface area contributed by atoms with E-state index in [4.69, 9.17) is 21.1 Å². The van der Waals surface area contributed by atoms with Gasteiger partial charge in [-0.05, 0) is 37.3 Å². The maximum absolute atomic E-state index is 13.2. The fourth-order valence-corrected chi connectivity index (χ4v) is 3.63. The normalized spacial score (nSPS) is 12.3. The first-order chi connectivity index (χ1) is 15.0. The van der Waals surface area contributed by atoms with Gasteiger partial charge in [0.25, 0.3) is 5.56 Å². The third-order valence-corrected chi connectivity index (χ3v) is 5.10. The molecule has 0 radical (unpaired) electrons. The van der Waals surface area contributed by atoms with Crippen molar-refractivity contribution in [2.24, 2.45) is 0 Å². The van der Waals surface area contributed by atoms with E-state index in [1.54, 1.807) is 55.6 Å². The van der Waals surface area contributed by atoms with Crippen LogP contribution in [0.15, 0.2) is 53.5 Å². The topological polar surface area (TPSA) is 100 Å². The molecule has 1 aliphatic heterocycles. The number of carbonyl (C=O) groups is 1. The van der Waals surface area contributed by atoms with Gasteiger partial charge < -0.3 is 14.8 Å². The number of benzene rings is 2. The molecule has 0 unspecified atom stereocenters. The number of carbonyl (C=O) groups excluding carboxylic acids is 1. The summed E-state index contributed by atoms with van der Waals surface area (Å²) in [6.45, 7) is 1.65. The molecule has 2 aromatic carbocycles. The lowest BCUT2D eigenvalue weighted by atomic mass is 10.2. The van der Waals surface area contributed by atoms with Crippen molar-refractivity contribution in [3.05, 3.63) is 69.7 Å². The molecule has 0 aliphatic carbocycles. The molecule has 3 heterocycles. The average Bonchev–Trinajstić information content (AvgIpc) is 3.39. The van der Waals surface area contributed by atoms with Gasteiger partial charge in [0.05, 0.1) is 17.6 Å². The highest BCUT2D eigenvalue weighted by atomic mass is 35.5. The molecule has 0 saturated heterocycles. The minimum Gasteiger partial charge on any atom is -0.454 e.